The third-order valence-electron chi connectivity index (χ3n) is 1.97. The Hall–Kier alpha value is 1.85. The maximum atomic E-state index is 9.50. The summed E-state index contributed by atoms with van der Waals surface area (Å²) in [4.78, 5) is 0. The van der Waals surface area contributed by atoms with Crippen LogP contribution in [0.1, 0.15) is 32.1 Å². The SMILES string of the molecule is F[CH-]F.N[C-]=S.[CH2-]CC1CC[CH-]CC1.[U+2].[U+2]. The second-order valence-electron chi connectivity index (χ2n) is 2.80. The van der Waals surface area contributed by atoms with Crippen molar-refractivity contribution in [1.29, 1.82) is 0 Å². The van der Waals surface area contributed by atoms with Gasteiger partial charge in [-0.05, 0) is 6.93 Å². The molecule has 0 radical (unpaired) electrons. The predicted molar refractivity (Wildman–Crippen MR) is 59.5 cm³/mol. The van der Waals surface area contributed by atoms with Gasteiger partial charge in [-0.3, -0.25) is 0 Å². The molecule has 0 atom stereocenters. The van der Waals surface area contributed by atoms with Crippen LogP contribution >= 0.6 is 12.2 Å². The number of rotatable bonds is 1. The predicted octanol–water partition coefficient (Wildman–Crippen LogP) is 3.43. The van der Waals surface area contributed by atoms with Crippen molar-refractivity contribution >= 4 is 17.7 Å². The summed E-state index contributed by atoms with van der Waals surface area (Å²) in [7, 11) is 0. The summed E-state index contributed by atoms with van der Waals surface area (Å²) in [6.45, 7) is 2.90. The molecule has 0 spiro atoms. The monoisotopic (exact) mass is 697 g/mol. The maximum absolute atomic E-state index is 9.50. The minimum Gasteiger partial charge on any atom is -0.570 e. The number of halogens is 2. The third-order valence-corrected chi connectivity index (χ3v) is 1.97. The first-order valence-corrected chi connectivity index (χ1v) is 4.88. The Morgan fingerprint density at radius 2 is 1.69 bits per heavy atom. The van der Waals surface area contributed by atoms with Crippen LogP contribution in [0.4, 0.5) is 8.78 Å². The Labute approximate surface area is 151 Å². The molecular weight excluding hydrogens is 680 g/mol. The zero-order valence-corrected chi connectivity index (χ0v) is 18.4. The molecule has 1 aliphatic rings. The van der Waals surface area contributed by atoms with Crippen molar-refractivity contribution in [3.8, 4) is 0 Å². The summed E-state index contributed by atoms with van der Waals surface area (Å²) in [5, 5.41) is 0. The van der Waals surface area contributed by atoms with Crippen LogP contribution in [0, 0.1) is 88.4 Å². The van der Waals surface area contributed by atoms with Crippen LogP contribution in [0.25, 0.3) is 0 Å². The van der Waals surface area contributed by atoms with E-state index in [1.165, 1.54) is 25.7 Å². The Morgan fingerprint density at radius 3 is 1.88 bits per heavy atom. The number of nitrogens with two attached hydrogens (primary N) is 1. The van der Waals surface area contributed by atoms with E-state index in [9.17, 15) is 8.78 Å². The van der Waals surface area contributed by atoms with E-state index in [0.29, 0.717) is 0 Å². The summed E-state index contributed by atoms with van der Waals surface area (Å²) in [6.07, 6.45) is 8.99. The molecule has 6 heteroatoms. The van der Waals surface area contributed by atoms with Gasteiger partial charge < -0.3 is 45.6 Å². The molecule has 0 aromatic heterocycles. The van der Waals surface area contributed by atoms with Crippen molar-refractivity contribution in [3.63, 3.8) is 0 Å². The molecule has 1 nitrogen and oxygen atoms in total. The molecule has 1 saturated carbocycles. The second kappa shape index (κ2) is 25.6. The largest absolute Gasteiger partial charge is 2.00 e. The Bertz CT molecular complexity index is 115. The molecule has 1 fully saturated rings. The minimum atomic E-state index is -1.00. The van der Waals surface area contributed by atoms with Crippen LogP contribution in [0.15, 0.2) is 0 Å². The Morgan fingerprint density at radius 1 is 1.38 bits per heavy atom. The van der Waals surface area contributed by atoms with Crippen molar-refractivity contribution in [2.75, 3.05) is 0 Å². The van der Waals surface area contributed by atoms with Crippen LogP contribution < -0.4 is 5.73 Å². The molecule has 1 aliphatic carbocycles. The molecule has 0 aromatic carbocycles. The van der Waals surface area contributed by atoms with E-state index in [0.717, 1.165) is 12.3 Å². The van der Waals surface area contributed by atoms with E-state index in [-0.39, 0.29) is 62.2 Å². The number of hydrogen-bond acceptors (Lipinski definition) is 1. The van der Waals surface area contributed by atoms with Gasteiger partial charge in [-0.25, -0.2) is 0 Å². The van der Waals surface area contributed by atoms with Gasteiger partial charge in [0.05, 0.1) is 0 Å². The molecule has 0 heterocycles. The van der Waals surface area contributed by atoms with Gasteiger partial charge in [-0.15, -0.1) is 0 Å². The van der Waals surface area contributed by atoms with Gasteiger partial charge in [-0.1, -0.05) is 18.8 Å². The van der Waals surface area contributed by atoms with Crippen molar-refractivity contribution in [2.45, 2.75) is 32.1 Å². The van der Waals surface area contributed by atoms with Crippen LogP contribution in [-0.4, -0.2) is 5.49 Å². The molecule has 2 N–H and O–H groups in total. The summed E-state index contributed by atoms with van der Waals surface area (Å²) < 4.78 is 19.0. The van der Waals surface area contributed by atoms with Crippen LogP contribution in [0.3, 0.4) is 0 Å². The number of hydrogen-bond donors (Lipinski definition) is 1. The first kappa shape index (κ1) is 26.4. The summed E-state index contributed by atoms with van der Waals surface area (Å²) in [6, 6.07) is 0. The molecule has 0 unspecified atom stereocenters. The fourth-order valence-corrected chi connectivity index (χ4v) is 1.28. The first-order chi connectivity index (χ1) is 6.76. The standard InChI is InChI=1S/C8H14.CHF2.CH2NS.2U/c1-2-8-6-4-3-5-7-8;2*2-1-3;;/h3,8H,1-2,4-7H2;1H;(H2,2,3);;/q-2;2*-1;2*+2. The van der Waals surface area contributed by atoms with Crippen molar-refractivity contribution in [2.24, 2.45) is 11.7 Å². The van der Waals surface area contributed by atoms with Gasteiger partial charge in [0, 0.05) is 0 Å². The van der Waals surface area contributed by atoms with Gasteiger partial charge in [0.25, 0.3) is 0 Å². The fourth-order valence-electron chi connectivity index (χ4n) is 1.28. The average Bonchev–Trinajstić information content (AvgIpc) is 2.21. The molecule has 1 rings (SSSR count). The topological polar surface area (TPSA) is 26.0 Å². The van der Waals surface area contributed by atoms with Crippen LogP contribution in [0.2, 0.25) is 0 Å². The van der Waals surface area contributed by atoms with Gasteiger partial charge in [-0.2, -0.15) is 19.3 Å². The average molecular weight is 697 g/mol. The van der Waals surface area contributed by atoms with Gasteiger partial charge in [0.2, 0.25) is 0 Å². The molecule has 0 aromatic rings. The molecule has 90 valence electrons. The maximum Gasteiger partial charge on any atom is 2.00 e. The summed E-state index contributed by atoms with van der Waals surface area (Å²) in [5.41, 5.74) is 6.25. The van der Waals surface area contributed by atoms with Crippen LogP contribution in [-0.2, 0) is 0 Å². The normalized spacial score (nSPS) is 13.7. The van der Waals surface area contributed by atoms with E-state index >= 15 is 0 Å². The molecular formula is C10H17F2NSU2. The molecule has 0 bridgehead atoms. The van der Waals surface area contributed by atoms with E-state index in [1.807, 2.05) is 5.49 Å². The summed E-state index contributed by atoms with van der Waals surface area (Å²) >= 11 is 3.92. The smallest absolute Gasteiger partial charge is 0.570 e. The molecule has 0 saturated heterocycles. The zero-order valence-electron chi connectivity index (χ0n) is 9.22. The Balaban J connectivity index is -0.0000000785. The second-order valence-corrected chi connectivity index (χ2v) is 3.03. The van der Waals surface area contributed by atoms with E-state index in [1.54, 1.807) is 0 Å². The molecule has 0 amide bonds. The van der Waals surface area contributed by atoms with Crippen molar-refractivity contribution in [3.05, 3.63) is 20.3 Å². The fraction of sp³-hybridized carbons (Fsp3) is 0.600. The van der Waals surface area contributed by atoms with Crippen molar-refractivity contribution < 1.29 is 71.0 Å². The quantitative estimate of drug-likeness (QED) is 0.259. The van der Waals surface area contributed by atoms with Gasteiger partial charge in [0.1, 0.15) is 0 Å². The van der Waals surface area contributed by atoms with Gasteiger partial charge >= 0.3 is 62.2 Å². The molecule has 0 aliphatic heterocycles. The molecule has 16 heavy (non-hydrogen) atoms. The van der Waals surface area contributed by atoms with Crippen molar-refractivity contribution in [1.82, 2.24) is 0 Å². The Kier molecular flexibility index (Phi) is 42.3. The van der Waals surface area contributed by atoms with E-state index in [4.69, 9.17) is 0 Å². The first-order valence-electron chi connectivity index (χ1n) is 4.47. The van der Waals surface area contributed by atoms with E-state index in [2.05, 4.69) is 31.3 Å². The van der Waals surface area contributed by atoms with Gasteiger partial charge in [0.15, 0.2) is 0 Å². The summed E-state index contributed by atoms with van der Waals surface area (Å²) in [5.74, 6) is 0.944. The van der Waals surface area contributed by atoms with Crippen LogP contribution in [0.5, 0.6) is 0 Å². The van der Waals surface area contributed by atoms with E-state index < -0.39 is 6.93 Å². The number of thiocarbonyl (C=S) groups is 1. The third kappa shape index (κ3) is 24.9. The zero-order chi connectivity index (χ0) is 11.2. The minimum absolute atomic E-state index is 0.